The molecule has 0 radical (unpaired) electrons. The summed E-state index contributed by atoms with van der Waals surface area (Å²) < 4.78 is 40.2. The third-order valence-electron chi connectivity index (χ3n) is 6.16. The normalized spacial score (nSPS) is 21.4. The number of ketones is 1. The molecular formula is C22H19F3N6O3. The molecule has 0 aromatic carbocycles. The minimum atomic E-state index is -4.64. The van der Waals surface area contributed by atoms with Gasteiger partial charge in [0, 0.05) is 24.5 Å². The van der Waals surface area contributed by atoms with Gasteiger partial charge in [-0.15, -0.1) is 0 Å². The molecule has 4 heterocycles. The Bertz CT molecular complexity index is 1320. The molecule has 0 bridgehead atoms. The first-order valence-electron chi connectivity index (χ1n) is 10.6. The maximum absolute atomic E-state index is 13.2. The fourth-order valence-corrected chi connectivity index (χ4v) is 4.53. The highest BCUT2D eigenvalue weighted by Gasteiger charge is 2.56. The summed E-state index contributed by atoms with van der Waals surface area (Å²) in [4.78, 5) is 47.1. The summed E-state index contributed by atoms with van der Waals surface area (Å²) in [6.45, 7) is 1.18. The molecule has 0 unspecified atom stereocenters. The number of rotatable bonds is 5. The summed E-state index contributed by atoms with van der Waals surface area (Å²) in [5.74, 6) is -1.29. The number of anilines is 1. The maximum Gasteiger partial charge on any atom is 0.433 e. The van der Waals surface area contributed by atoms with Crippen molar-refractivity contribution in [3.05, 3.63) is 48.0 Å². The van der Waals surface area contributed by atoms with E-state index in [2.05, 4.69) is 20.4 Å². The first-order chi connectivity index (χ1) is 16.1. The lowest BCUT2D eigenvalue weighted by Gasteiger charge is -2.27. The van der Waals surface area contributed by atoms with E-state index in [0.29, 0.717) is 17.3 Å². The molecule has 2 amide bonds. The molecule has 1 aliphatic carbocycles. The number of pyridine rings is 2. The third-order valence-corrected chi connectivity index (χ3v) is 6.16. The molecule has 34 heavy (non-hydrogen) atoms. The Hall–Kier alpha value is -3.83. The quantitative estimate of drug-likeness (QED) is 0.572. The second kappa shape index (κ2) is 7.89. The lowest BCUT2D eigenvalue weighted by atomic mass is 10.1. The largest absolute Gasteiger partial charge is 0.433 e. The van der Waals surface area contributed by atoms with Gasteiger partial charge in [-0.3, -0.25) is 24.0 Å². The number of hydrogen-bond acceptors (Lipinski definition) is 6. The van der Waals surface area contributed by atoms with Crippen LogP contribution in [-0.4, -0.2) is 54.3 Å². The monoisotopic (exact) mass is 472 g/mol. The lowest BCUT2D eigenvalue weighted by Crippen LogP contribution is -2.46. The third kappa shape index (κ3) is 3.88. The number of halogens is 3. The number of piperidine rings is 1. The number of nitrogens with zero attached hydrogens (tertiary/aromatic N) is 5. The zero-order valence-electron chi connectivity index (χ0n) is 17.9. The van der Waals surface area contributed by atoms with E-state index in [4.69, 9.17) is 0 Å². The van der Waals surface area contributed by atoms with Gasteiger partial charge in [-0.1, -0.05) is 6.07 Å². The van der Waals surface area contributed by atoms with E-state index in [0.717, 1.165) is 18.6 Å². The number of aromatic nitrogens is 4. The number of Topliss-reactive ketones (excluding diaryl/α,β-unsaturated/α-hetero) is 1. The molecule has 1 N–H and O–H groups in total. The van der Waals surface area contributed by atoms with Crippen LogP contribution in [0.4, 0.5) is 19.0 Å². The second-order valence-electron chi connectivity index (χ2n) is 8.47. The van der Waals surface area contributed by atoms with E-state index < -0.39 is 23.8 Å². The molecule has 3 aromatic rings. The van der Waals surface area contributed by atoms with Crippen molar-refractivity contribution in [3.8, 4) is 0 Å². The highest BCUT2D eigenvalue weighted by atomic mass is 19.4. The van der Waals surface area contributed by atoms with Crippen LogP contribution in [0.2, 0.25) is 0 Å². The zero-order chi connectivity index (χ0) is 24.2. The molecule has 2 fully saturated rings. The van der Waals surface area contributed by atoms with Gasteiger partial charge in [-0.05, 0) is 37.0 Å². The number of hydrogen-bond donors (Lipinski definition) is 1. The number of fused-ring (bicyclic) bond motifs is 2. The van der Waals surface area contributed by atoms with Crippen LogP contribution in [-0.2, 0) is 22.3 Å². The smallest absolute Gasteiger partial charge is 0.326 e. The maximum atomic E-state index is 13.2. The van der Waals surface area contributed by atoms with Crippen molar-refractivity contribution in [1.82, 2.24) is 24.6 Å². The average Bonchev–Trinajstić information content (AvgIpc) is 3.29. The molecule has 9 nitrogen and oxygen atoms in total. The Kier molecular flexibility index (Phi) is 5.10. The summed E-state index contributed by atoms with van der Waals surface area (Å²) in [6.07, 6.45) is -0.424. The Labute approximate surface area is 191 Å². The summed E-state index contributed by atoms with van der Waals surface area (Å²) in [6, 6.07) is 3.94. The van der Waals surface area contributed by atoms with Crippen molar-refractivity contribution in [1.29, 1.82) is 0 Å². The zero-order valence-corrected chi connectivity index (χ0v) is 17.9. The average molecular weight is 472 g/mol. The molecule has 3 aromatic heterocycles. The van der Waals surface area contributed by atoms with Gasteiger partial charge in [0.2, 0.25) is 11.8 Å². The highest BCUT2D eigenvalue weighted by molar-refractivity contribution is 6.05. The molecule has 12 heteroatoms. The van der Waals surface area contributed by atoms with Crippen LogP contribution in [0, 0.1) is 5.92 Å². The predicted octanol–water partition coefficient (Wildman–Crippen LogP) is 2.68. The van der Waals surface area contributed by atoms with Crippen LogP contribution in [0.3, 0.4) is 0 Å². The summed E-state index contributed by atoms with van der Waals surface area (Å²) in [5.41, 5.74) is -0.379. The van der Waals surface area contributed by atoms with Gasteiger partial charge in [-0.25, -0.2) is 4.98 Å². The highest BCUT2D eigenvalue weighted by Crippen LogP contribution is 2.48. The van der Waals surface area contributed by atoms with Gasteiger partial charge in [-0.2, -0.15) is 18.3 Å². The number of likely N-dealkylation sites (tertiary alicyclic amines) is 1. The molecular weight excluding hydrogens is 453 g/mol. The summed E-state index contributed by atoms with van der Waals surface area (Å²) in [7, 11) is 0. The molecule has 1 saturated carbocycles. The van der Waals surface area contributed by atoms with Crippen molar-refractivity contribution in [2.45, 2.75) is 44.6 Å². The minimum absolute atomic E-state index is 0.107. The van der Waals surface area contributed by atoms with E-state index in [1.54, 1.807) is 6.07 Å². The molecule has 2 aliphatic rings. The number of alkyl halides is 3. The molecule has 5 rings (SSSR count). The summed E-state index contributed by atoms with van der Waals surface area (Å²) in [5, 5.41) is 7.26. The van der Waals surface area contributed by atoms with Crippen molar-refractivity contribution < 1.29 is 27.6 Å². The molecule has 1 saturated heterocycles. The fourth-order valence-electron chi connectivity index (χ4n) is 4.53. The van der Waals surface area contributed by atoms with E-state index in [1.165, 1.54) is 35.0 Å². The van der Waals surface area contributed by atoms with Gasteiger partial charge in [0.1, 0.15) is 29.8 Å². The molecule has 1 aliphatic heterocycles. The summed E-state index contributed by atoms with van der Waals surface area (Å²) >= 11 is 0. The van der Waals surface area contributed by atoms with Gasteiger partial charge >= 0.3 is 6.18 Å². The van der Waals surface area contributed by atoms with Gasteiger partial charge < -0.3 is 10.2 Å². The van der Waals surface area contributed by atoms with Crippen LogP contribution in [0.15, 0.2) is 36.7 Å². The Morgan fingerprint density at radius 1 is 1.18 bits per heavy atom. The number of nitrogens with one attached hydrogen (secondary N) is 1. The van der Waals surface area contributed by atoms with E-state index in [9.17, 15) is 27.6 Å². The predicted molar refractivity (Wildman–Crippen MR) is 113 cm³/mol. The number of amides is 2. The second-order valence-corrected chi connectivity index (χ2v) is 8.47. The van der Waals surface area contributed by atoms with Crippen LogP contribution < -0.4 is 5.32 Å². The Morgan fingerprint density at radius 2 is 1.97 bits per heavy atom. The number of carbonyl (C=O) groups excluding carboxylic acids is 3. The minimum Gasteiger partial charge on any atom is -0.326 e. The van der Waals surface area contributed by atoms with Gasteiger partial charge in [0.15, 0.2) is 5.78 Å². The molecule has 0 spiro atoms. The molecule has 3 atom stereocenters. The first kappa shape index (κ1) is 22.0. The van der Waals surface area contributed by atoms with E-state index in [-0.39, 0.29) is 41.7 Å². The topological polar surface area (TPSA) is 110 Å². The van der Waals surface area contributed by atoms with Crippen molar-refractivity contribution in [2.24, 2.45) is 5.92 Å². The van der Waals surface area contributed by atoms with Crippen LogP contribution in [0.5, 0.6) is 0 Å². The Morgan fingerprint density at radius 3 is 2.71 bits per heavy atom. The first-order valence-corrected chi connectivity index (χ1v) is 10.6. The van der Waals surface area contributed by atoms with Crippen molar-refractivity contribution in [3.63, 3.8) is 0 Å². The van der Waals surface area contributed by atoms with Gasteiger partial charge in [0.05, 0.1) is 11.7 Å². The van der Waals surface area contributed by atoms with Crippen molar-refractivity contribution in [2.75, 3.05) is 5.32 Å². The standard InChI is InChI=1S/C22H19F3N6O3/c1-11(32)20-13-5-6-26-9-16(13)30(29-20)10-19(33)31-14-7-12(14)8-15(31)21(34)28-18-4-2-3-17(27-18)22(23,24)25/h2-6,9,12,14-15H,7-8,10H2,1H3,(H,27,28,34)/t12-,14-,15+/m1/s1. The van der Waals surface area contributed by atoms with Crippen LogP contribution in [0.25, 0.3) is 10.9 Å². The van der Waals surface area contributed by atoms with Crippen LogP contribution in [0.1, 0.15) is 35.9 Å². The SMILES string of the molecule is CC(=O)c1nn(CC(=O)N2[C@@H]3C[C@@H]3C[C@H]2C(=O)Nc2cccc(C(F)(F)F)n2)c2cnccc12. The molecule has 176 valence electrons. The van der Waals surface area contributed by atoms with Crippen molar-refractivity contribution >= 4 is 34.3 Å². The Balaban J connectivity index is 1.36. The fraction of sp³-hybridized carbons (Fsp3) is 0.364. The van der Waals surface area contributed by atoms with Crippen LogP contribution >= 0.6 is 0 Å². The number of carbonyl (C=O) groups is 3. The van der Waals surface area contributed by atoms with E-state index >= 15 is 0 Å². The van der Waals surface area contributed by atoms with Gasteiger partial charge in [0.25, 0.3) is 0 Å². The lowest BCUT2D eigenvalue weighted by molar-refractivity contribution is -0.141. The van der Waals surface area contributed by atoms with E-state index in [1.807, 2.05) is 0 Å².